The maximum atomic E-state index is 12.9. The molecule has 0 saturated carbocycles. The molecule has 7 heteroatoms. The Morgan fingerprint density at radius 3 is 2.96 bits per heavy atom. The Morgan fingerprint density at radius 1 is 1.33 bits per heavy atom. The highest BCUT2D eigenvalue weighted by Gasteiger charge is 2.37. The van der Waals surface area contributed by atoms with Crippen molar-refractivity contribution in [3.05, 3.63) is 46.2 Å². The van der Waals surface area contributed by atoms with Gasteiger partial charge in [0.25, 0.3) is 11.5 Å². The van der Waals surface area contributed by atoms with Crippen LogP contribution in [0.15, 0.2) is 35.1 Å². The van der Waals surface area contributed by atoms with E-state index in [1.54, 1.807) is 11.6 Å². The van der Waals surface area contributed by atoms with Crippen molar-refractivity contribution in [3.8, 4) is 0 Å². The second-order valence-corrected chi connectivity index (χ2v) is 7.45. The highest BCUT2D eigenvalue weighted by atomic mass is 16.5. The minimum Gasteiger partial charge on any atom is -0.396 e. The second kappa shape index (κ2) is 7.42. The number of morpholine rings is 1. The molecule has 0 radical (unpaired) electrons. The average molecular weight is 371 g/mol. The quantitative estimate of drug-likeness (QED) is 0.817. The molecule has 2 aliphatic heterocycles. The SMILES string of the molecule is Cn1c(=O)cc(C(=O)N[C@H]2C[C@H]3CO[C@@H](CCO)CN3C2)c2ccccc21. The predicted molar refractivity (Wildman–Crippen MR) is 102 cm³/mol. The van der Waals surface area contributed by atoms with Crippen LogP contribution in [0.2, 0.25) is 0 Å². The Hall–Kier alpha value is -2.22. The number of hydrogen-bond acceptors (Lipinski definition) is 5. The van der Waals surface area contributed by atoms with E-state index in [1.165, 1.54) is 6.07 Å². The molecule has 3 atom stereocenters. The number of fused-ring (bicyclic) bond motifs is 2. The van der Waals surface area contributed by atoms with Crippen molar-refractivity contribution in [2.24, 2.45) is 7.05 Å². The first-order chi connectivity index (χ1) is 13.1. The summed E-state index contributed by atoms with van der Waals surface area (Å²) in [6.07, 6.45) is 1.53. The largest absolute Gasteiger partial charge is 0.396 e. The maximum Gasteiger partial charge on any atom is 0.252 e. The molecule has 3 heterocycles. The summed E-state index contributed by atoms with van der Waals surface area (Å²) < 4.78 is 7.35. The third kappa shape index (κ3) is 3.50. The number of amides is 1. The zero-order chi connectivity index (χ0) is 19.0. The number of aliphatic hydroxyl groups excluding tert-OH is 1. The van der Waals surface area contributed by atoms with Crippen LogP contribution in [0.5, 0.6) is 0 Å². The molecule has 7 nitrogen and oxygen atoms in total. The van der Waals surface area contributed by atoms with Crippen LogP contribution in [-0.4, -0.2) is 65.0 Å². The monoisotopic (exact) mass is 371 g/mol. The summed E-state index contributed by atoms with van der Waals surface area (Å²) in [5, 5.41) is 13.0. The van der Waals surface area contributed by atoms with E-state index in [2.05, 4.69) is 10.2 Å². The molecular formula is C20H25N3O4. The van der Waals surface area contributed by atoms with Gasteiger partial charge in [-0.2, -0.15) is 0 Å². The van der Waals surface area contributed by atoms with Crippen molar-refractivity contribution in [1.82, 2.24) is 14.8 Å². The Balaban J connectivity index is 1.50. The Morgan fingerprint density at radius 2 is 2.15 bits per heavy atom. The molecule has 0 bridgehead atoms. The van der Waals surface area contributed by atoms with Crippen LogP contribution in [0.3, 0.4) is 0 Å². The van der Waals surface area contributed by atoms with Crippen molar-refractivity contribution >= 4 is 16.8 Å². The summed E-state index contributed by atoms with van der Waals surface area (Å²) in [5.41, 5.74) is 0.982. The van der Waals surface area contributed by atoms with Gasteiger partial charge in [0.15, 0.2) is 0 Å². The summed E-state index contributed by atoms with van der Waals surface area (Å²) >= 11 is 0. The molecular weight excluding hydrogens is 346 g/mol. The van der Waals surface area contributed by atoms with E-state index in [4.69, 9.17) is 9.84 Å². The van der Waals surface area contributed by atoms with Crippen LogP contribution in [0.4, 0.5) is 0 Å². The summed E-state index contributed by atoms with van der Waals surface area (Å²) in [7, 11) is 1.71. The van der Waals surface area contributed by atoms with E-state index in [9.17, 15) is 9.59 Å². The number of hydrogen-bond donors (Lipinski definition) is 2. The van der Waals surface area contributed by atoms with Gasteiger partial charge in [0, 0.05) is 50.3 Å². The van der Waals surface area contributed by atoms with Gasteiger partial charge in [-0.1, -0.05) is 18.2 Å². The summed E-state index contributed by atoms with van der Waals surface area (Å²) in [6, 6.07) is 9.20. The smallest absolute Gasteiger partial charge is 0.252 e. The summed E-state index contributed by atoms with van der Waals surface area (Å²) in [4.78, 5) is 27.5. The van der Waals surface area contributed by atoms with Crippen molar-refractivity contribution < 1.29 is 14.6 Å². The fourth-order valence-electron chi connectivity index (χ4n) is 4.23. The lowest BCUT2D eigenvalue weighted by molar-refractivity contribution is -0.0566. The lowest BCUT2D eigenvalue weighted by atomic mass is 10.1. The first-order valence-electron chi connectivity index (χ1n) is 9.43. The standard InChI is InChI=1S/C20H25N3O4/c1-22-18-5-3-2-4-16(18)17(9-19(22)25)20(26)21-13-8-14-12-27-15(6-7-24)11-23(14)10-13/h2-5,9,13-15,24H,6-8,10-12H2,1H3,(H,21,26)/t13-,14-,15-/m0/s1. The fourth-order valence-corrected chi connectivity index (χ4v) is 4.23. The van der Waals surface area contributed by atoms with Crippen molar-refractivity contribution in [2.45, 2.75) is 31.0 Å². The van der Waals surface area contributed by atoms with Crippen LogP contribution in [0, 0.1) is 0 Å². The molecule has 1 aromatic heterocycles. The number of ether oxygens (including phenoxy) is 1. The molecule has 0 unspecified atom stereocenters. The number of nitrogens with one attached hydrogen (secondary N) is 1. The Bertz CT molecular complexity index is 910. The molecule has 27 heavy (non-hydrogen) atoms. The van der Waals surface area contributed by atoms with Crippen LogP contribution in [0.1, 0.15) is 23.2 Å². The van der Waals surface area contributed by atoms with Gasteiger partial charge < -0.3 is 19.7 Å². The van der Waals surface area contributed by atoms with Crippen molar-refractivity contribution in [2.75, 3.05) is 26.3 Å². The zero-order valence-corrected chi connectivity index (χ0v) is 15.4. The first kappa shape index (κ1) is 18.2. The Kier molecular flexibility index (Phi) is 4.99. The number of benzene rings is 1. The van der Waals surface area contributed by atoms with E-state index >= 15 is 0 Å². The molecule has 144 valence electrons. The molecule has 1 amide bonds. The summed E-state index contributed by atoms with van der Waals surface area (Å²) in [5.74, 6) is -0.207. The van der Waals surface area contributed by atoms with Gasteiger partial charge in [0.1, 0.15) is 0 Å². The molecule has 1 aromatic carbocycles. The highest BCUT2D eigenvalue weighted by molar-refractivity contribution is 6.06. The van der Waals surface area contributed by atoms with E-state index in [1.807, 2.05) is 24.3 Å². The average Bonchev–Trinajstić information content (AvgIpc) is 3.06. The normalized spacial score (nSPS) is 25.5. The number of pyridine rings is 1. The lowest BCUT2D eigenvalue weighted by Crippen LogP contribution is -2.46. The van der Waals surface area contributed by atoms with Crippen LogP contribution in [-0.2, 0) is 11.8 Å². The molecule has 2 saturated heterocycles. The number of carbonyl (C=O) groups is 1. The number of aliphatic hydroxyl groups is 1. The number of para-hydroxylation sites is 1. The third-order valence-electron chi connectivity index (χ3n) is 5.68. The van der Waals surface area contributed by atoms with Gasteiger partial charge in [0.05, 0.1) is 23.8 Å². The minimum absolute atomic E-state index is 0.0294. The van der Waals surface area contributed by atoms with E-state index in [0.717, 1.165) is 30.4 Å². The molecule has 2 fully saturated rings. The van der Waals surface area contributed by atoms with Gasteiger partial charge in [-0.15, -0.1) is 0 Å². The fraction of sp³-hybridized carbons (Fsp3) is 0.500. The van der Waals surface area contributed by atoms with Crippen LogP contribution >= 0.6 is 0 Å². The molecule has 2 aliphatic rings. The van der Waals surface area contributed by atoms with Gasteiger partial charge in [-0.3, -0.25) is 14.5 Å². The zero-order valence-electron chi connectivity index (χ0n) is 15.4. The van der Waals surface area contributed by atoms with Gasteiger partial charge >= 0.3 is 0 Å². The number of carbonyl (C=O) groups excluding carboxylic acids is 1. The summed E-state index contributed by atoms with van der Waals surface area (Å²) in [6.45, 7) is 2.31. The van der Waals surface area contributed by atoms with Crippen molar-refractivity contribution in [1.29, 1.82) is 0 Å². The number of nitrogens with zero attached hydrogens (tertiary/aromatic N) is 2. The third-order valence-corrected chi connectivity index (χ3v) is 5.68. The topological polar surface area (TPSA) is 83.8 Å². The van der Waals surface area contributed by atoms with Crippen LogP contribution in [0.25, 0.3) is 10.9 Å². The molecule has 0 spiro atoms. The number of rotatable bonds is 4. The molecule has 4 rings (SSSR count). The number of aromatic nitrogens is 1. The second-order valence-electron chi connectivity index (χ2n) is 7.45. The van der Waals surface area contributed by atoms with Gasteiger partial charge in [0.2, 0.25) is 0 Å². The highest BCUT2D eigenvalue weighted by Crippen LogP contribution is 2.25. The lowest BCUT2D eigenvalue weighted by Gasteiger charge is -2.34. The predicted octanol–water partition coefficient (Wildman–Crippen LogP) is 0.492. The molecule has 0 aliphatic carbocycles. The minimum atomic E-state index is -0.207. The maximum absolute atomic E-state index is 12.9. The van der Waals surface area contributed by atoms with Gasteiger partial charge in [-0.25, -0.2) is 0 Å². The van der Waals surface area contributed by atoms with E-state index < -0.39 is 0 Å². The van der Waals surface area contributed by atoms with Crippen LogP contribution < -0.4 is 10.9 Å². The Labute approximate surface area is 157 Å². The number of aryl methyl sites for hydroxylation is 1. The molecule has 2 N–H and O–H groups in total. The molecule has 2 aromatic rings. The van der Waals surface area contributed by atoms with E-state index in [0.29, 0.717) is 24.6 Å². The van der Waals surface area contributed by atoms with E-state index in [-0.39, 0.29) is 30.2 Å². The van der Waals surface area contributed by atoms with Gasteiger partial charge in [-0.05, 0) is 18.9 Å². The van der Waals surface area contributed by atoms with Crippen molar-refractivity contribution in [3.63, 3.8) is 0 Å². The first-order valence-corrected chi connectivity index (χ1v) is 9.43.